The molecule has 6 nitrogen and oxygen atoms in total. The number of nitrogens with one attached hydrogen (secondary N) is 2. The van der Waals surface area contributed by atoms with Gasteiger partial charge < -0.3 is 15.0 Å². The van der Waals surface area contributed by atoms with Crippen LogP contribution in [0.5, 0.6) is 5.88 Å². The number of rotatable bonds is 5. The summed E-state index contributed by atoms with van der Waals surface area (Å²) in [6, 6.07) is 12.6. The minimum Gasteiger partial charge on any atom is -0.474 e. The number of nitrogens with zero attached hydrogens (tertiary/aromatic N) is 1. The van der Waals surface area contributed by atoms with Crippen LogP contribution >= 0.6 is 0 Å². The highest BCUT2D eigenvalue weighted by atomic mass is 16.5. The van der Waals surface area contributed by atoms with E-state index >= 15 is 0 Å². The molecule has 0 bridgehead atoms. The molecule has 0 radical (unpaired) electrons. The number of carbonyl (C=O) groups excluding carboxylic acids is 1. The van der Waals surface area contributed by atoms with Crippen molar-refractivity contribution in [3.8, 4) is 5.88 Å². The zero-order valence-electron chi connectivity index (χ0n) is 14.9. The molecular formula is C21H21N3O3. The molecule has 0 aliphatic heterocycles. The molecule has 4 rings (SSSR count). The van der Waals surface area contributed by atoms with Crippen LogP contribution in [-0.2, 0) is 6.54 Å². The van der Waals surface area contributed by atoms with E-state index in [1.807, 2.05) is 24.3 Å². The number of hydrogen-bond donors (Lipinski definition) is 2. The molecule has 0 atom stereocenters. The van der Waals surface area contributed by atoms with Crippen LogP contribution in [0.1, 0.15) is 41.7 Å². The molecular weight excluding hydrogens is 342 g/mol. The number of carbonyl (C=O) groups is 1. The quantitative estimate of drug-likeness (QED) is 0.729. The largest absolute Gasteiger partial charge is 0.474 e. The van der Waals surface area contributed by atoms with Crippen LogP contribution < -0.4 is 15.6 Å². The first-order valence-electron chi connectivity index (χ1n) is 9.21. The van der Waals surface area contributed by atoms with Crippen LogP contribution in [0.25, 0.3) is 10.8 Å². The molecule has 1 amide bonds. The molecule has 0 unspecified atom stereocenters. The predicted octanol–water partition coefficient (Wildman–Crippen LogP) is 3.17. The minimum absolute atomic E-state index is 0.200. The molecule has 3 aromatic rings. The summed E-state index contributed by atoms with van der Waals surface area (Å²) < 4.78 is 6.00. The first-order chi connectivity index (χ1) is 13.2. The molecule has 27 heavy (non-hydrogen) atoms. The number of amides is 1. The van der Waals surface area contributed by atoms with Gasteiger partial charge in [-0.3, -0.25) is 9.59 Å². The fraction of sp³-hybridized carbons (Fsp3) is 0.286. The van der Waals surface area contributed by atoms with Gasteiger partial charge in [-0.15, -0.1) is 0 Å². The summed E-state index contributed by atoms with van der Waals surface area (Å²) in [6.07, 6.45) is 6.33. The molecule has 1 saturated carbocycles. The Hall–Kier alpha value is -3.15. The van der Waals surface area contributed by atoms with Crippen LogP contribution in [0.2, 0.25) is 0 Å². The molecule has 2 heterocycles. The van der Waals surface area contributed by atoms with E-state index in [-0.39, 0.29) is 29.8 Å². The summed E-state index contributed by atoms with van der Waals surface area (Å²) in [5, 5.41) is 4.14. The molecule has 2 aromatic heterocycles. The maximum Gasteiger partial charge on any atom is 0.268 e. The van der Waals surface area contributed by atoms with Crippen molar-refractivity contribution >= 4 is 16.7 Å². The fourth-order valence-electron chi connectivity index (χ4n) is 3.43. The Bertz CT molecular complexity index is 1020. The molecule has 0 spiro atoms. The van der Waals surface area contributed by atoms with Gasteiger partial charge in [0.1, 0.15) is 11.8 Å². The number of aromatic nitrogens is 2. The summed E-state index contributed by atoms with van der Waals surface area (Å²) in [5.74, 6) is 0.227. The Morgan fingerprint density at radius 1 is 1.19 bits per heavy atom. The average Bonchev–Trinajstić information content (AvgIpc) is 3.20. The molecule has 1 aromatic carbocycles. The van der Waals surface area contributed by atoms with Crippen LogP contribution in [0, 0.1) is 0 Å². The second kappa shape index (κ2) is 7.61. The molecule has 1 aliphatic carbocycles. The standard InChI is InChI=1S/C21H21N3O3/c25-19-17-10-4-1-6-14(17)12-18(24-19)20(26)23-13-15-7-5-11-22-21(15)27-16-8-2-3-9-16/h1,4-7,10-12,16H,2-3,8-9,13H2,(H,23,26)(H,24,25). The minimum atomic E-state index is -0.339. The first-order valence-corrected chi connectivity index (χ1v) is 9.21. The van der Waals surface area contributed by atoms with E-state index in [1.165, 1.54) is 12.8 Å². The summed E-state index contributed by atoms with van der Waals surface area (Å²) in [7, 11) is 0. The van der Waals surface area contributed by atoms with Crippen molar-refractivity contribution in [1.82, 2.24) is 15.3 Å². The van der Waals surface area contributed by atoms with E-state index in [9.17, 15) is 9.59 Å². The Balaban J connectivity index is 1.49. The zero-order valence-corrected chi connectivity index (χ0v) is 14.9. The lowest BCUT2D eigenvalue weighted by Crippen LogP contribution is -2.26. The van der Waals surface area contributed by atoms with Gasteiger partial charge in [-0.2, -0.15) is 0 Å². The monoisotopic (exact) mass is 363 g/mol. The molecule has 138 valence electrons. The first kappa shape index (κ1) is 17.3. The van der Waals surface area contributed by atoms with Gasteiger partial charge in [0.15, 0.2) is 0 Å². The lowest BCUT2D eigenvalue weighted by Gasteiger charge is -2.15. The number of aromatic amines is 1. The fourth-order valence-corrected chi connectivity index (χ4v) is 3.43. The van der Waals surface area contributed by atoms with Crippen molar-refractivity contribution < 1.29 is 9.53 Å². The van der Waals surface area contributed by atoms with Crippen molar-refractivity contribution in [2.24, 2.45) is 0 Å². The molecule has 2 N–H and O–H groups in total. The normalized spacial score (nSPS) is 14.4. The summed E-state index contributed by atoms with van der Waals surface area (Å²) in [4.78, 5) is 31.6. The lowest BCUT2D eigenvalue weighted by molar-refractivity contribution is 0.0945. The van der Waals surface area contributed by atoms with E-state index in [4.69, 9.17) is 4.74 Å². The smallest absolute Gasteiger partial charge is 0.268 e. The molecule has 1 fully saturated rings. The molecule has 0 saturated heterocycles. The zero-order chi connectivity index (χ0) is 18.6. The van der Waals surface area contributed by atoms with E-state index in [2.05, 4.69) is 15.3 Å². The van der Waals surface area contributed by atoms with Crippen molar-refractivity contribution in [1.29, 1.82) is 0 Å². The number of fused-ring (bicyclic) bond motifs is 1. The highest BCUT2D eigenvalue weighted by molar-refractivity contribution is 5.96. The van der Waals surface area contributed by atoms with Crippen molar-refractivity contribution in [3.63, 3.8) is 0 Å². The molecule has 6 heteroatoms. The maximum absolute atomic E-state index is 12.5. The van der Waals surface area contributed by atoms with Gasteiger partial charge in [0.2, 0.25) is 5.88 Å². The van der Waals surface area contributed by atoms with Crippen molar-refractivity contribution in [3.05, 3.63) is 70.3 Å². The number of H-pyrrole nitrogens is 1. The summed E-state index contributed by atoms with van der Waals surface area (Å²) in [5.41, 5.74) is 0.784. The highest BCUT2D eigenvalue weighted by Gasteiger charge is 2.19. The van der Waals surface area contributed by atoms with Gasteiger partial charge in [0.05, 0.1) is 0 Å². The summed E-state index contributed by atoms with van der Waals surface area (Å²) >= 11 is 0. The van der Waals surface area contributed by atoms with Gasteiger partial charge in [0.25, 0.3) is 11.5 Å². The Morgan fingerprint density at radius 2 is 2.00 bits per heavy atom. The Labute approximate surface area is 156 Å². The highest BCUT2D eigenvalue weighted by Crippen LogP contribution is 2.25. The van der Waals surface area contributed by atoms with Crippen molar-refractivity contribution in [2.75, 3.05) is 0 Å². The Morgan fingerprint density at radius 3 is 2.85 bits per heavy atom. The second-order valence-electron chi connectivity index (χ2n) is 6.77. The number of hydrogen-bond acceptors (Lipinski definition) is 4. The Kier molecular flexibility index (Phi) is 4.87. The topological polar surface area (TPSA) is 84.1 Å². The summed E-state index contributed by atoms with van der Waals surface area (Å²) in [6.45, 7) is 0.281. The predicted molar refractivity (Wildman–Crippen MR) is 103 cm³/mol. The van der Waals surface area contributed by atoms with Crippen LogP contribution in [0.4, 0.5) is 0 Å². The van der Waals surface area contributed by atoms with Gasteiger partial charge >= 0.3 is 0 Å². The number of ether oxygens (including phenoxy) is 1. The van der Waals surface area contributed by atoms with Gasteiger partial charge in [-0.05, 0) is 49.3 Å². The van der Waals surface area contributed by atoms with Crippen molar-refractivity contribution in [2.45, 2.75) is 38.3 Å². The van der Waals surface area contributed by atoms with Gasteiger partial charge in [0, 0.05) is 23.7 Å². The third-order valence-electron chi connectivity index (χ3n) is 4.87. The number of benzene rings is 1. The number of pyridine rings is 2. The van der Waals surface area contributed by atoms with Crippen LogP contribution in [0.3, 0.4) is 0 Å². The van der Waals surface area contributed by atoms with E-state index < -0.39 is 0 Å². The van der Waals surface area contributed by atoms with Gasteiger partial charge in [-0.1, -0.05) is 24.3 Å². The molecule has 1 aliphatic rings. The second-order valence-corrected chi connectivity index (χ2v) is 6.77. The van der Waals surface area contributed by atoms with Gasteiger partial charge in [-0.25, -0.2) is 4.98 Å². The third-order valence-corrected chi connectivity index (χ3v) is 4.87. The SMILES string of the molecule is O=C(NCc1cccnc1OC1CCCC1)c1cc2ccccc2c(=O)[nH]1. The van der Waals surface area contributed by atoms with E-state index in [0.717, 1.165) is 23.8 Å². The van der Waals surface area contributed by atoms with E-state index in [1.54, 1.807) is 24.4 Å². The average molecular weight is 363 g/mol. The lowest BCUT2D eigenvalue weighted by atomic mass is 10.1. The third kappa shape index (κ3) is 3.84. The van der Waals surface area contributed by atoms with E-state index in [0.29, 0.717) is 11.3 Å². The maximum atomic E-state index is 12.5. The van der Waals surface area contributed by atoms with Crippen LogP contribution in [-0.4, -0.2) is 22.0 Å². The van der Waals surface area contributed by atoms with Crippen LogP contribution in [0.15, 0.2) is 53.5 Å².